The van der Waals surface area contributed by atoms with Gasteiger partial charge in [0.05, 0.1) is 24.8 Å². The molecule has 2 aromatic rings. The van der Waals surface area contributed by atoms with Gasteiger partial charge in [-0.15, -0.1) is 0 Å². The number of nitrogens with two attached hydrogens (primary N) is 1. The second kappa shape index (κ2) is 6.30. The lowest BCUT2D eigenvalue weighted by Crippen LogP contribution is -2.39. The molecule has 7 heteroatoms. The SMILES string of the molecule is C[C@H]1CO[C@@]2(N=C(N)[C@@]3(C#N)[C@@H](c4ccc(OCc5ccccc5)cc4)[C@@]23C#N)O1. The van der Waals surface area contributed by atoms with Crippen molar-refractivity contribution >= 4 is 5.84 Å². The Morgan fingerprint density at radius 1 is 1.13 bits per heavy atom. The number of hydrogen-bond acceptors (Lipinski definition) is 7. The zero-order valence-electron chi connectivity index (χ0n) is 16.4. The largest absolute Gasteiger partial charge is 0.489 e. The van der Waals surface area contributed by atoms with E-state index in [9.17, 15) is 10.5 Å². The monoisotopic (exact) mass is 400 g/mol. The molecule has 1 aliphatic carbocycles. The van der Waals surface area contributed by atoms with E-state index in [-0.39, 0.29) is 11.9 Å². The number of aliphatic imine (C=N–C) groups is 1. The minimum atomic E-state index is -1.53. The molecule has 0 aromatic heterocycles. The highest BCUT2D eigenvalue weighted by atomic mass is 16.8. The van der Waals surface area contributed by atoms with Crippen molar-refractivity contribution < 1.29 is 14.2 Å². The molecule has 0 radical (unpaired) electrons. The van der Waals surface area contributed by atoms with Gasteiger partial charge in [0.15, 0.2) is 5.41 Å². The molecule has 150 valence electrons. The fraction of sp³-hybridized carbons (Fsp3) is 0.348. The van der Waals surface area contributed by atoms with Gasteiger partial charge in [0.25, 0.3) is 5.91 Å². The molecule has 1 saturated carbocycles. The normalized spacial score (nSPS) is 35.9. The molecule has 2 aromatic carbocycles. The molecule has 1 saturated heterocycles. The lowest BCUT2D eigenvalue weighted by molar-refractivity contribution is -0.193. The summed E-state index contributed by atoms with van der Waals surface area (Å²) in [6.45, 7) is 2.59. The van der Waals surface area contributed by atoms with Gasteiger partial charge in [0, 0.05) is 5.92 Å². The van der Waals surface area contributed by atoms with Gasteiger partial charge >= 0.3 is 0 Å². The van der Waals surface area contributed by atoms with E-state index in [4.69, 9.17) is 19.9 Å². The average molecular weight is 400 g/mol. The Morgan fingerprint density at radius 3 is 2.47 bits per heavy atom. The minimum absolute atomic E-state index is 0.0926. The number of fused-ring (bicyclic) bond motifs is 2. The first kappa shape index (κ1) is 18.6. The highest BCUT2D eigenvalue weighted by Crippen LogP contribution is 2.82. The van der Waals surface area contributed by atoms with Crippen LogP contribution in [-0.4, -0.2) is 24.5 Å². The number of ether oxygens (including phenoxy) is 3. The summed E-state index contributed by atoms with van der Waals surface area (Å²) in [4.78, 5) is 4.32. The molecule has 2 aliphatic heterocycles. The number of hydrogen-bond donors (Lipinski definition) is 1. The van der Waals surface area contributed by atoms with E-state index < -0.39 is 22.7 Å². The smallest absolute Gasteiger partial charge is 0.293 e. The van der Waals surface area contributed by atoms with Crippen LogP contribution in [-0.2, 0) is 16.1 Å². The van der Waals surface area contributed by atoms with Crippen LogP contribution in [0.2, 0.25) is 0 Å². The van der Waals surface area contributed by atoms with Crippen LogP contribution in [0.5, 0.6) is 5.75 Å². The lowest BCUT2D eigenvalue weighted by atomic mass is 9.94. The van der Waals surface area contributed by atoms with E-state index in [1.165, 1.54) is 0 Å². The van der Waals surface area contributed by atoms with Gasteiger partial charge in [-0.05, 0) is 30.2 Å². The maximum Gasteiger partial charge on any atom is 0.293 e. The first-order valence-electron chi connectivity index (χ1n) is 9.80. The van der Waals surface area contributed by atoms with Crippen molar-refractivity contribution in [1.82, 2.24) is 0 Å². The Kier molecular flexibility index (Phi) is 3.91. The number of benzene rings is 2. The Hall–Kier alpha value is -3.39. The van der Waals surface area contributed by atoms with Crippen molar-refractivity contribution in [2.45, 2.75) is 31.5 Å². The van der Waals surface area contributed by atoms with Gasteiger partial charge < -0.3 is 19.9 Å². The molecule has 0 bridgehead atoms. The van der Waals surface area contributed by atoms with E-state index in [0.717, 1.165) is 11.1 Å². The summed E-state index contributed by atoms with van der Waals surface area (Å²) < 4.78 is 17.6. The third kappa shape index (κ3) is 2.16. The molecule has 5 atom stereocenters. The fourth-order valence-electron chi connectivity index (χ4n) is 4.86. The number of amidine groups is 1. The fourth-order valence-corrected chi connectivity index (χ4v) is 4.86. The van der Waals surface area contributed by atoms with Crippen LogP contribution < -0.4 is 10.5 Å². The lowest BCUT2D eigenvalue weighted by Gasteiger charge is -2.26. The van der Waals surface area contributed by atoms with E-state index >= 15 is 0 Å². The first-order chi connectivity index (χ1) is 14.5. The van der Waals surface area contributed by atoms with Crippen molar-refractivity contribution in [2.75, 3.05) is 6.61 Å². The standard InChI is InChI=1S/C23H20N4O3/c1-15-11-29-23(30-15)22(14-25)19(21(22,13-24)20(26)27-23)17-7-9-18(10-8-17)28-12-16-5-3-2-4-6-16/h2-10,15,19H,11-12H2,1H3,(H2,26,27)/t15-,19+,21+,22+,23+/m0/s1. The molecular weight excluding hydrogens is 380 g/mol. The molecule has 2 N–H and O–H groups in total. The van der Waals surface area contributed by atoms with Crippen molar-refractivity contribution in [3.8, 4) is 17.9 Å². The Bertz CT molecular complexity index is 1100. The summed E-state index contributed by atoms with van der Waals surface area (Å²) in [6, 6.07) is 21.8. The van der Waals surface area contributed by atoms with Gasteiger partial charge in [0.2, 0.25) is 0 Å². The number of nitriles is 2. The molecule has 2 heterocycles. The van der Waals surface area contributed by atoms with Crippen molar-refractivity contribution in [3.63, 3.8) is 0 Å². The summed E-state index contributed by atoms with van der Waals surface area (Å²) >= 11 is 0. The number of rotatable bonds is 4. The highest BCUT2D eigenvalue weighted by Gasteiger charge is 2.94. The van der Waals surface area contributed by atoms with Gasteiger partial charge in [0.1, 0.15) is 23.6 Å². The topological polar surface area (TPSA) is 114 Å². The Morgan fingerprint density at radius 2 is 1.87 bits per heavy atom. The van der Waals surface area contributed by atoms with E-state index in [0.29, 0.717) is 19.0 Å². The van der Waals surface area contributed by atoms with Crippen molar-refractivity contribution in [2.24, 2.45) is 21.6 Å². The third-order valence-corrected chi connectivity index (χ3v) is 6.26. The van der Waals surface area contributed by atoms with Crippen LogP contribution >= 0.6 is 0 Å². The first-order valence-corrected chi connectivity index (χ1v) is 9.80. The quantitative estimate of drug-likeness (QED) is 0.844. The van der Waals surface area contributed by atoms with E-state index in [2.05, 4.69) is 17.1 Å². The molecule has 3 aliphatic rings. The third-order valence-electron chi connectivity index (χ3n) is 6.26. The predicted molar refractivity (Wildman–Crippen MR) is 107 cm³/mol. The summed E-state index contributed by atoms with van der Waals surface area (Å²) in [5, 5.41) is 20.2. The average Bonchev–Trinajstić information content (AvgIpc) is 3.16. The molecule has 5 rings (SSSR count). The minimum Gasteiger partial charge on any atom is -0.489 e. The molecule has 30 heavy (non-hydrogen) atoms. The summed E-state index contributed by atoms with van der Waals surface area (Å²) in [7, 11) is 0. The second-order valence-electron chi connectivity index (χ2n) is 7.93. The van der Waals surface area contributed by atoms with Gasteiger partial charge in [-0.3, -0.25) is 0 Å². The van der Waals surface area contributed by atoms with Crippen molar-refractivity contribution in [1.29, 1.82) is 10.5 Å². The zero-order valence-corrected chi connectivity index (χ0v) is 16.4. The maximum absolute atomic E-state index is 10.2. The molecular formula is C23H20N4O3. The molecule has 0 amide bonds. The summed E-state index contributed by atoms with van der Waals surface area (Å²) in [5.74, 6) is -1.24. The summed E-state index contributed by atoms with van der Waals surface area (Å²) in [6.07, 6.45) is -0.240. The van der Waals surface area contributed by atoms with Crippen LogP contribution in [0, 0.1) is 33.5 Å². The maximum atomic E-state index is 10.2. The van der Waals surface area contributed by atoms with Crippen LogP contribution in [0.3, 0.4) is 0 Å². The van der Waals surface area contributed by atoms with Crippen LogP contribution in [0.15, 0.2) is 59.6 Å². The van der Waals surface area contributed by atoms with E-state index in [1.807, 2.05) is 61.5 Å². The van der Waals surface area contributed by atoms with Crippen molar-refractivity contribution in [3.05, 3.63) is 65.7 Å². The van der Waals surface area contributed by atoms with Crippen LogP contribution in [0.25, 0.3) is 0 Å². The number of nitrogens with zero attached hydrogens (tertiary/aromatic N) is 3. The zero-order chi connectivity index (χ0) is 21.0. The molecule has 0 unspecified atom stereocenters. The van der Waals surface area contributed by atoms with Gasteiger partial charge in [-0.1, -0.05) is 42.5 Å². The van der Waals surface area contributed by atoms with Crippen LogP contribution in [0.1, 0.15) is 24.0 Å². The van der Waals surface area contributed by atoms with Gasteiger partial charge in [-0.25, -0.2) is 4.99 Å². The van der Waals surface area contributed by atoms with Crippen LogP contribution in [0.4, 0.5) is 0 Å². The second-order valence-corrected chi connectivity index (χ2v) is 7.93. The predicted octanol–water partition coefficient (Wildman–Crippen LogP) is 2.84. The molecule has 2 fully saturated rings. The molecule has 7 nitrogen and oxygen atoms in total. The highest BCUT2D eigenvalue weighted by molar-refractivity contribution is 6.00. The molecule has 1 spiro atoms. The summed E-state index contributed by atoms with van der Waals surface area (Å²) in [5.41, 5.74) is 5.48. The van der Waals surface area contributed by atoms with Gasteiger partial charge in [-0.2, -0.15) is 10.5 Å². The van der Waals surface area contributed by atoms with E-state index in [1.54, 1.807) is 0 Å². The Labute approximate surface area is 174 Å². The Balaban J connectivity index is 1.44.